The summed E-state index contributed by atoms with van der Waals surface area (Å²) < 4.78 is 0. The van der Waals surface area contributed by atoms with Gasteiger partial charge >= 0.3 is 5.97 Å². The average molecular weight is 430 g/mol. The molecule has 0 radical (unpaired) electrons. The molecule has 5 N–H and O–H groups in total. The highest BCUT2D eigenvalue weighted by molar-refractivity contribution is 5.90. The monoisotopic (exact) mass is 429 g/mol. The van der Waals surface area contributed by atoms with E-state index < -0.39 is 42.0 Å². The molecular formula is C21H39N3O6. The fourth-order valence-corrected chi connectivity index (χ4v) is 3.14. The summed E-state index contributed by atoms with van der Waals surface area (Å²) in [6.45, 7) is 12.4. The Morgan fingerprint density at radius 2 is 1.37 bits per heavy atom. The number of nitrogens with one attached hydrogen (secondary N) is 3. The van der Waals surface area contributed by atoms with Gasteiger partial charge in [0.2, 0.25) is 17.7 Å². The van der Waals surface area contributed by atoms with Gasteiger partial charge in [-0.1, -0.05) is 41.5 Å². The number of carboxylic acids is 1. The number of carbonyl (C=O) groups excluding carboxylic acids is 3. The molecule has 0 aliphatic heterocycles. The zero-order valence-electron chi connectivity index (χ0n) is 19.2. The van der Waals surface area contributed by atoms with E-state index in [9.17, 15) is 29.4 Å². The molecular weight excluding hydrogens is 390 g/mol. The molecule has 0 aromatic heterocycles. The highest BCUT2D eigenvalue weighted by atomic mass is 16.4. The number of rotatable bonds is 13. The summed E-state index contributed by atoms with van der Waals surface area (Å²) in [5, 5.41) is 27.5. The van der Waals surface area contributed by atoms with Crippen LogP contribution in [0.15, 0.2) is 0 Å². The van der Waals surface area contributed by atoms with Crippen molar-refractivity contribution in [3.05, 3.63) is 0 Å². The van der Waals surface area contributed by atoms with Crippen LogP contribution >= 0.6 is 0 Å². The molecule has 0 aromatic rings. The van der Waals surface area contributed by atoms with Gasteiger partial charge in [0.05, 0.1) is 18.6 Å². The SMILES string of the molecule is CC(=O)N[C@@H](CC(C)C)[C@@H](O)CC(=O)N[C@@H](CC(C)C)C(=O)N[C@H](C(=O)O)C(C)C. The van der Waals surface area contributed by atoms with Crippen molar-refractivity contribution in [2.75, 3.05) is 0 Å². The summed E-state index contributed by atoms with van der Waals surface area (Å²) in [7, 11) is 0. The van der Waals surface area contributed by atoms with E-state index in [1.165, 1.54) is 6.92 Å². The van der Waals surface area contributed by atoms with E-state index in [2.05, 4.69) is 16.0 Å². The lowest BCUT2D eigenvalue weighted by atomic mass is 9.96. The first-order chi connectivity index (χ1) is 13.7. The molecule has 9 heteroatoms. The van der Waals surface area contributed by atoms with Gasteiger partial charge in [-0.05, 0) is 30.6 Å². The van der Waals surface area contributed by atoms with Crippen molar-refractivity contribution in [1.82, 2.24) is 16.0 Å². The first-order valence-electron chi connectivity index (χ1n) is 10.5. The summed E-state index contributed by atoms with van der Waals surface area (Å²) in [5.41, 5.74) is 0. The summed E-state index contributed by atoms with van der Waals surface area (Å²) in [6.07, 6.45) is -0.578. The molecule has 0 heterocycles. The maximum Gasteiger partial charge on any atom is 0.326 e. The number of amides is 3. The maximum atomic E-state index is 12.6. The molecule has 9 nitrogen and oxygen atoms in total. The lowest BCUT2D eigenvalue weighted by molar-refractivity contribution is -0.143. The molecule has 0 aliphatic carbocycles. The number of carbonyl (C=O) groups is 4. The van der Waals surface area contributed by atoms with Gasteiger partial charge in [-0.15, -0.1) is 0 Å². The van der Waals surface area contributed by atoms with E-state index >= 15 is 0 Å². The van der Waals surface area contributed by atoms with Crippen LogP contribution in [0.3, 0.4) is 0 Å². The van der Waals surface area contributed by atoms with E-state index in [-0.39, 0.29) is 30.1 Å². The maximum absolute atomic E-state index is 12.6. The van der Waals surface area contributed by atoms with Crippen molar-refractivity contribution < 1.29 is 29.4 Å². The Morgan fingerprint density at radius 3 is 1.77 bits per heavy atom. The highest BCUT2D eigenvalue weighted by Gasteiger charge is 2.30. The first-order valence-corrected chi connectivity index (χ1v) is 10.5. The molecule has 0 saturated carbocycles. The fraction of sp³-hybridized carbons (Fsp3) is 0.810. The zero-order chi connectivity index (χ0) is 23.6. The molecule has 0 aliphatic rings. The van der Waals surface area contributed by atoms with Crippen LogP contribution < -0.4 is 16.0 Å². The molecule has 0 aromatic carbocycles. The Kier molecular flexibility index (Phi) is 12.3. The fourth-order valence-electron chi connectivity index (χ4n) is 3.14. The highest BCUT2D eigenvalue weighted by Crippen LogP contribution is 2.12. The van der Waals surface area contributed by atoms with Crippen LogP contribution in [0.2, 0.25) is 0 Å². The molecule has 30 heavy (non-hydrogen) atoms. The van der Waals surface area contributed by atoms with E-state index in [1.807, 2.05) is 27.7 Å². The second-order valence-corrected chi connectivity index (χ2v) is 9.03. The summed E-state index contributed by atoms with van der Waals surface area (Å²) >= 11 is 0. The molecule has 0 saturated heterocycles. The Morgan fingerprint density at radius 1 is 0.833 bits per heavy atom. The van der Waals surface area contributed by atoms with Gasteiger partial charge < -0.3 is 26.2 Å². The van der Waals surface area contributed by atoms with E-state index in [4.69, 9.17) is 0 Å². The first kappa shape index (κ1) is 27.8. The van der Waals surface area contributed by atoms with Crippen LogP contribution in [-0.2, 0) is 19.2 Å². The third-order valence-corrected chi connectivity index (χ3v) is 4.56. The Hall–Kier alpha value is -2.16. The second kappa shape index (κ2) is 13.2. The summed E-state index contributed by atoms with van der Waals surface area (Å²) in [4.78, 5) is 47.9. The second-order valence-electron chi connectivity index (χ2n) is 9.03. The number of hydrogen-bond donors (Lipinski definition) is 5. The van der Waals surface area contributed by atoms with Crippen molar-refractivity contribution in [2.45, 2.75) is 92.0 Å². The van der Waals surface area contributed by atoms with Crippen LogP contribution in [0.1, 0.15) is 67.7 Å². The van der Waals surface area contributed by atoms with Crippen molar-refractivity contribution in [3.8, 4) is 0 Å². The van der Waals surface area contributed by atoms with E-state index in [0.29, 0.717) is 12.8 Å². The predicted octanol–water partition coefficient (Wildman–Crippen LogP) is 1.04. The quantitative estimate of drug-likeness (QED) is 0.296. The zero-order valence-corrected chi connectivity index (χ0v) is 19.2. The Labute approximate surface area is 179 Å². The lowest BCUT2D eigenvalue weighted by Crippen LogP contribution is -2.54. The van der Waals surface area contributed by atoms with Crippen LogP contribution in [-0.4, -0.2) is 58.1 Å². The topological polar surface area (TPSA) is 145 Å². The number of aliphatic hydroxyl groups excluding tert-OH is 1. The minimum absolute atomic E-state index is 0.0707. The lowest BCUT2D eigenvalue weighted by Gasteiger charge is -2.27. The largest absolute Gasteiger partial charge is 0.480 e. The predicted molar refractivity (Wildman–Crippen MR) is 113 cm³/mol. The number of aliphatic carboxylic acids is 1. The smallest absolute Gasteiger partial charge is 0.326 e. The number of aliphatic hydroxyl groups is 1. The minimum Gasteiger partial charge on any atom is -0.480 e. The van der Waals surface area contributed by atoms with Crippen LogP contribution in [0.4, 0.5) is 0 Å². The standard InChI is InChI=1S/C21H39N3O6/c1-11(2)8-15(22-14(7)25)17(26)10-18(27)23-16(9-12(3)4)20(28)24-19(13(5)6)21(29)30/h11-13,15-17,19,26H,8-10H2,1-7H3,(H,22,25)(H,23,27)(H,24,28)(H,29,30)/t15-,16-,17-,19-/m0/s1. The van der Waals surface area contributed by atoms with Gasteiger partial charge in [0, 0.05) is 6.92 Å². The van der Waals surface area contributed by atoms with Crippen molar-refractivity contribution in [3.63, 3.8) is 0 Å². The third kappa shape index (κ3) is 11.1. The minimum atomic E-state index is -1.14. The van der Waals surface area contributed by atoms with Gasteiger partial charge in [-0.25, -0.2) is 4.79 Å². The van der Waals surface area contributed by atoms with Crippen LogP contribution in [0, 0.1) is 17.8 Å². The molecule has 174 valence electrons. The molecule has 4 atom stereocenters. The normalized spacial score (nSPS) is 15.4. The average Bonchev–Trinajstić information content (AvgIpc) is 2.56. The van der Waals surface area contributed by atoms with E-state index in [0.717, 1.165) is 0 Å². The van der Waals surface area contributed by atoms with Gasteiger partial charge in [0.15, 0.2) is 0 Å². The molecule has 0 rings (SSSR count). The molecule has 0 fully saturated rings. The molecule has 0 spiro atoms. The van der Waals surface area contributed by atoms with Crippen molar-refractivity contribution in [2.24, 2.45) is 17.8 Å². The number of carboxylic acid groups (broad SMARTS) is 1. The molecule has 3 amide bonds. The third-order valence-electron chi connectivity index (χ3n) is 4.56. The van der Waals surface area contributed by atoms with Gasteiger partial charge in [-0.2, -0.15) is 0 Å². The van der Waals surface area contributed by atoms with Crippen LogP contribution in [0.5, 0.6) is 0 Å². The van der Waals surface area contributed by atoms with Gasteiger partial charge in [0.1, 0.15) is 12.1 Å². The van der Waals surface area contributed by atoms with Gasteiger partial charge in [0.25, 0.3) is 0 Å². The summed E-state index contributed by atoms with van der Waals surface area (Å²) in [5.74, 6) is -2.62. The molecule has 0 bridgehead atoms. The summed E-state index contributed by atoms with van der Waals surface area (Å²) in [6, 6.07) is -2.57. The number of hydrogen-bond acceptors (Lipinski definition) is 5. The molecule has 0 unspecified atom stereocenters. The Bertz CT molecular complexity index is 591. The van der Waals surface area contributed by atoms with Gasteiger partial charge in [-0.3, -0.25) is 14.4 Å². The Balaban J connectivity index is 5.18. The van der Waals surface area contributed by atoms with Crippen molar-refractivity contribution in [1.29, 1.82) is 0 Å². The van der Waals surface area contributed by atoms with Crippen molar-refractivity contribution >= 4 is 23.7 Å². The van der Waals surface area contributed by atoms with Crippen LogP contribution in [0.25, 0.3) is 0 Å². The van der Waals surface area contributed by atoms with E-state index in [1.54, 1.807) is 13.8 Å².